The molecule has 8 heteroatoms. The highest BCUT2D eigenvalue weighted by atomic mass is 16.3. The number of rotatable bonds is 11. The van der Waals surface area contributed by atoms with Crippen LogP contribution in [0, 0.1) is 17.8 Å². The topological polar surface area (TPSA) is 128 Å². The van der Waals surface area contributed by atoms with E-state index < -0.39 is 24.1 Å². The number of amides is 1. The number of nitrogens with one attached hydrogen (secondary N) is 1. The highest BCUT2D eigenvalue weighted by Gasteiger charge is 2.38. The van der Waals surface area contributed by atoms with Crippen molar-refractivity contribution in [2.45, 2.75) is 64.6 Å². The fraction of sp³-hybridized carbons (Fsp3) is 0.593. The first-order valence-corrected chi connectivity index (χ1v) is 12.7. The van der Waals surface area contributed by atoms with Gasteiger partial charge in [0.1, 0.15) is 12.5 Å². The van der Waals surface area contributed by atoms with Crippen LogP contribution >= 0.6 is 0 Å². The molecule has 5 N–H and O–H groups in total. The van der Waals surface area contributed by atoms with Gasteiger partial charge in [-0.05, 0) is 55.2 Å². The van der Waals surface area contributed by atoms with Gasteiger partial charge in [0.25, 0.3) is 0 Å². The quantitative estimate of drug-likeness (QED) is 0.381. The highest BCUT2D eigenvalue weighted by molar-refractivity contribution is 5.85. The molecule has 1 aromatic rings. The average Bonchev–Trinajstić information content (AvgIpc) is 3.25. The van der Waals surface area contributed by atoms with E-state index in [1.807, 2.05) is 50.4 Å². The zero-order chi connectivity index (χ0) is 25.5. The van der Waals surface area contributed by atoms with Crippen LogP contribution in [0.5, 0.6) is 0 Å². The number of allylic oxidation sites excluding steroid dienone is 1. The van der Waals surface area contributed by atoms with E-state index in [0.29, 0.717) is 32.4 Å². The van der Waals surface area contributed by atoms with E-state index in [-0.39, 0.29) is 30.1 Å². The largest absolute Gasteiger partial charge is 0.394 e. The molecule has 8 nitrogen and oxygen atoms in total. The normalized spacial score (nSPS) is 23.8. The molecular weight excluding hydrogens is 444 g/mol. The summed E-state index contributed by atoms with van der Waals surface area (Å²) in [7, 11) is 0. The molecule has 0 spiro atoms. The van der Waals surface area contributed by atoms with Gasteiger partial charge < -0.3 is 26.2 Å². The zero-order valence-corrected chi connectivity index (χ0v) is 21.1. The van der Waals surface area contributed by atoms with Crippen molar-refractivity contribution in [1.82, 2.24) is 10.2 Å². The number of aliphatic hydroxyl groups excluding tert-OH is 2. The number of nitrogens with zero attached hydrogens (tertiary/aromatic N) is 2. The van der Waals surface area contributed by atoms with Crippen LogP contribution in [0.25, 0.3) is 5.70 Å². The third-order valence-corrected chi connectivity index (χ3v) is 7.28. The third-order valence-electron chi connectivity index (χ3n) is 7.28. The maximum absolute atomic E-state index is 13.2. The second kappa shape index (κ2) is 12.4. The molecule has 2 aliphatic rings. The molecule has 0 bridgehead atoms. The standard InChI is InChI=1S/C27H40N4O4/c1-4-31-16-29-12-11-24(31)19-7-5-18(6-8-19)23(15-32)30-27(35)22-14-21(33)13-20(22)9-10-25(34)26(28)17(2)3/h5-8,11-12,17,20-23,26,32-33H,4,9-10,13-16,28H2,1-3H3,(H,30,35)/t20?,21-,22+,23-,26-/m0/s1. The number of carbonyl (C=O) groups is 2. The molecule has 5 atom stereocenters. The summed E-state index contributed by atoms with van der Waals surface area (Å²) in [6.07, 6.45) is 4.92. The van der Waals surface area contributed by atoms with Gasteiger partial charge in [-0.2, -0.15) is 0 Å². The van der Waals surface area contributed by atoms with E-state index in [1.54, 1.807) is 0 Å². The molecule has 3 rings (SSSR count). The predicted octanol–water partition coefficient (Wildman–Crippen LogP) is 2.26. The lowest BCUT2D eigenvalue weighted by atomic mass is 9.87. The van der Waals surface area contributed by atoms with Gasteiger partial charge in [-0.1, -0.05) is 38.1 Å². The van der Waals surface area contributed by atoms with E-state index in [2.05, 4.69) is 22.1 Å². The number of aliphatic imine (C=N–C) groups is 1. The first kappa shape index (κ1) is 27.0. The summed E-state index contributed by atoms with van der Waals surface area (Å²) in [6.45, 7) is 7.16. The summed E-state index contributed by atoms with van der Waals surface area (Å²) >= 11 is 0. The number of carbonyl (C=O) groups excluding carboxylic acids is 2. The molecule has 1 aliphatic heterocycles. The Morgan fingerprint density at radius 3 is 2.57 bits per heavy atom. The number of nitrogens with two attached hydrogens (primary N) is 1. The second-order valence-electron chi connectivity index (χ2n) is 10.0. The predicted molar refractivity (Wildman–Crippen MR) is 137 cm³/mol. The van der Waals surface area contributed by atoms with E-state index >= 15 is 0 Å². The second-order valence-corrected chi connectivity index (χ2v) is 10.0. The van der Waals surface area contributed by atoms with Crippen LogP contribution in [0.1, 0.15) is 63.6 Å². The fourth-order valence-corrected chi connectivity index (χ4v) is 5.00. The van der Waals surface area contributed by atoms with Crippen molar-refractivity contribution in [1.29, 1.82) is 0 Å². The van der Waals surface area contributed by atoms with Gasteiger partial charge in [-0.25, -0.2) is 0 Å². The van der Waals surface area contributed by atoms with Crippen LogP contribution in [-0.2, 0) is 9.59 Å². The van der Waals surface area contributed by atoms with E-state index in [0.717, 1.165) is 23.4 Å². The van der Waals surface area contributed by atoms with Crippen LogP contribution in [0.4, 0.5) is 0 Å². The number of aliphatic hydroxyl groups is 2. The van der Waals surface area contributed by atoms with Crippen LogP contribution in [0.2, 0.25) is 0 Å². The van der Waals surface area contributed by atoms with Gasteiger partial charge in [-0.15, -0.1) is 0 Å². The maximum atomic E-state index is 13.2. The Labute approximate surface area is 208 Å². The number of ketones is 1. The SMILES string of the molecule is CCN1CN=CC=C1c1ccc([C@H](CO)NC(=O)[C@@H]2C[C@@H](O)CC2CCC(=O)[C@@H](N)C(C)C)cc1. The van der Waals surface area contributed by atoms with Crippen molar-refractivity contribution < 1.29 is 19.8 Å². The fourth-order valence-electron chi connectivity index (χ4n) is 5.00. The van der Waals surface area contributed by atoms with Gasteiger partial charge in [0.15, 0.2) is 0 Å². The number of benzene rings is 1. The maximum Gasteiger partial charge on any atom is 0.224 e. The molecule has 35 heavy (non-hydrogen) atoms. The van der Waals surface area contributed by atoms with Crippen LogP contribution in [0.15, 0.2) is 35.3 Å². The summed E-state index contributed by atoms with van der Waals surface area (Å²) < 4.78 is 0. The molecule has 0 radical (unpaired) electrons. The molecule has 1 saturated carbocycles. The van der Waals surface area contributed by atoms with Crippen LogP contribution in [0.3, 0.4) is 0 Å². The van der Waals surface area contributed by atoms with Crippen molar-refractivity contribution in [3.05, 3.63) is 41.5 Å². The van der Waals surface area contributed by atoms with E-state index in [4.69, 9.17) is 5.73 Å². The Kier molecular flexibility index (Phi) is 9.60. The van der Waals surface area contributed by atoms with Gasteiger partial charge in [0, 0.05) is 30.8 Å². The molecule has 1 heterocycles. The number of hydrogen-bond donors (Lipinski definition) is 4. The summed E-state index contributed by atoms with van der Waals surface area (Å²) in [5.74, 6) is -0.616. The van der Waals surface area contributed by atoms with Gasteiger partial charge in [-0.3, -0.25) is 14.6 Å². The molecule has 1 fully saturated rings. The minimum Gasteiger partial charge on any atom is -0.394 e. The molecular formula is C27H40N4O4. The number of Topliss-reactive ketones (excluding diaryl/α,β-unsaturated/α-hetero) is 1. The van der Waals surface area contributed by atoms with E-state index in [1.165, 1.54) is 0 Å². The lowest BCUT2D eigenvalue weighted by molar-refractivity contribution is -0.128. The summed E-state index contributed by atoms with van der Waals surface area (Å²) in [6, 6.07) is 6.77. The summed E-state index contributed by atoms with van der Waals surface area (Å²) in [5, 5.41) is 23.2. The number of hydrogen-bond acceptors (Lipinski definition) is 7. The van der Waals surface area contributed by atoms with Crippen molar-refractivity contribution in [3.63, 3.8) is 0 Å². The Balaban J connectivity index is 1.64. The van der Waals surface area contributed by atoms with Gasteiger partial charge in [0.05, 0.1) is 24.8 Å². The minimum atomic E-state index is -0.565. The molecule has 1 aliphatic carbocycles. The monoisotopic (exact) mass is 484 g/mol. The van der Waals surface area contributed by atoms with Crippen LogP contribution < -0.4 is 11.1 Å². The minimum absolute atomic E-state index is 0.00476. The average molecular weight is 485 g/mol. The first-order chi connectivity index (χ1) is 16.7. The molecule has 1 unspecified atom stereocenters. The Bertz CT molecular complexity index is 928. The Morgan fingerprint density at radius 2 is 1.94 bits per heavy atom. The van der Waals surface area contributed by atoms with Crippen molar-refractivity contribution in [2.24, 2.45) is 28.5 Å². The van der Waals surface area contributed by atoms with Gasteiger partial charge >= 0.3 is 0 Å². The van der Waals surface area contributed by atoms with Crippen molar-refractivity contribution >= 4 is 23.6 Å². The summed E-state index contributed by atoms with van der Waals surface area (Å²) in [5.41, 5.74) is 8.92. The van der Waals surface area contributed by atoms with Gasteiger partial charge in [0.2, 0.25) is 5.91 Å². The lowest BCUT2D eigenvalue weighted by Crippen LogP contribution is -2.38. The smallest absolute Gasteiger partial charge is 0.224 e. The molecule has 192 valence electrons. The summed E-state index contributed by atoms with van der Waals surface area (Å²) in [4.78, 5) is 32.0. The third kappa shape index (κ3) is 6.78. The zero-order valence-electron chi connectivity index (χ0n) is 21.1. The molecule has 1 amide bonds. The van der Waals surface area contributed by atoms with E-state index in [9.17, 15) is 19.8 Å². The molecule has 1 aromatic carbocycles. The van der Waals surface area contributed by atoms with Crippen LogP contribution in [-0.4, -0.2) is 65.0 Å². The van der Waals surface area contributed by atoms with Crippen molar-refractivity contribution in [2.75, 3.05) is 19.8 Å². The first-order valence-electron chi connectivity index (χ1n) is 12.7. The lowest BCUT2D eigenvalue weighted by Gasteiger charge is -2.27. The Morgan fingerprint density at radius 1 is 1.23 bits per heavy atom. The van der Waals surface area contributed by atoms with Crippen molar-refractivity contribution in [3.8, 4) is 0 Å². The highest BCUT2D eigenvalue weighted by Crippen LogP contribution is 2.36. The molecule has 0 saturated heterocycles. The Hall–Kier alpha value is -2.55. The molecule has 0 aromatic heterocycles.